The van der Waals surface area contributed by atoms with Gasteiger partial charge in [0.2, 0.25) is 11.2 Å². The fraction of sp³-hybridized carbons (Fsp3) is 0.0769. The highest BCUT2D eigenvalue weighted by Crippen LogP contribution is 2.24. The lowest BCUT2D eigenvalue weighted by atomic mass is 10.1. The van der Waals surface area contributed by atoms with E-state index in [1.165, 1.54) is 18.4 Å². The van der Waals surface area contributed by atoms with E-state index in [2.05, 4.69) is 0 Å². The molecular weight excluding hydrogens is 392 g/mol. The van der Waals surface area contributed by atoms with Gasteiger partial charge >= 0.3 is 5.97 Å². The summed E-state index contributed by atoms with van der Waals surface area (Å²) in [7, 11) is 0. The molecule has 0 fully saturated rings. The molecule has 5 nitrogen and oxygen atoms in total. The summed E-state index contributed by atoms with van der Waals surface area (Å²) >= 11 is 0. The van der Waals surface area contributed by atoms with Crippen molar-refractivity contribution in [1.82, 2.24) is 0 Å². The van der Waals surface area contributed by atoms with Crippen molar-refractivity contribution in [2.75, 3.05) is 0 Å². The Morgan fingerprint density at radius 2 is 1.71 bits per heavy atom. The summed E-state index contributed by atoms with van der Waals surface area (Å²) in [5.41, 5.74) is 3.05. The Kier molecular flexibility index (Phi) is 5.67. The Balaban J connectivity index is 1.51. The molecule has 0 spiro atoms. The maximum absolute atomic E-state index is 12.7. The molecule has 4 aromatic rings. The number of hydrogen-bond acceptors (Lipinski definition) is 5. The number of hydrogen-bond donors (Lipinski definition) is 0. The van der Waals surface area contributed by atoms with Crippen molar-refractivity contribution < 1.29 is 18.7 Å². The van der Waals surface area contributed by atoms with E-state index < -0.39 is 5.97 Å². The van der Waals surface area contributed by atoms with Gasteiger partial charge in [0.1, 0.15) is 23.3 Å². The van der Waals surface area contributed by atoms with Crippen LogP contribution in [0.2, 0.25) is 0 Å². The van der Waals surface area contributed by atoms with Crippen LogP contribution < -0.4 is 14.9 Å². The van der Waals surface area contributed by atoms with Crippen molar-refractivity contribution in [3.63, 3.8) is 0 Å². The van der Waals surface area contributed by atoms with Gasteiger partial charge < -0.3 is 13.9 Å². The van der Waals surface area contributed by atoms with E-state index in [4.69, 9.17) is 13.9 Å². The summed E-state index contributed by atoms with van der Waals surface area (Å²) in [4.78, 5) is 24.8. The van der Waals surface area contributed by atoms with Crippen molar-refractivity contribution in [1.29, 1.82) is 0 Å². The molecule has 1 aromatic heterocycles. The third kappa shape index (κ3) is 4.90. The number of esters is 1. The van der Waals surface area contributed by atoms with Crippen LogP contribution in [0, 0.1) is 13.8 Å². The van der Waals surface area contributed by atoms with Crippen LogP contribution in [-0.2, 0) is 4.79 Å². The lowest BCUT2D eigenvalue weighted by molar-refractivity contribution is -0.128. The molecule has 31 heavy (non-hydrogen) atoms. The molecule has 0 saturated heterocycles. The third-order valence-electron chi connectivity index (χ3n) is 4.64. The summed E-state index contributed by atoms with van der Waals surface area (Å²) in [5, 5.41) is 0.333. The van der Waals surface area contributed by atoms with Gasteiger partial charge in [0.05, 0.1) is 5.39 Å². The molecule has 4 rings (SSSR count). The van der Waals surface area contributed by atoms with Crippen LogP contribution in [0.25, 0.3) is 17.0 Å². The molecule has 0 amide bonds. The number of benzene rings is 3. The Labute approximate surface area is 179 Å². The van der Waals surface area contributed by atoms with Crippen molar-refractivity contribution in [3.8, 4) is 17.2 Å². The molecular formula is C26H20O5. The molecule has 1 heterocycles. The predicted molar refractivity (Wildman–Crippen MR) is 120 cm³/mol. The van der Waals surface area contributed by atoms with Crippen LogP contribution in [0.5, 0.6) is 17.2 Å². The second-order valence-corrected chi connectivity index (χ2v) is 7.17. The van der Waals surface area contributed by atoms with Crippen molar-refractivity contribution in [2.24, 2.45) is 0 Å². The number of aryl methyl sites for hydroxylation is 2. The number of rotatable bonds is 5. The minimum atomic E-state index is -0.526. The first-order valence-electron chi connectivity index (χ1n) is 9.74. The quantitative estimate of drug-likeness (QED) is 0.235. The standard InChI is InChI=1S/C26H20O5/c1-17-6-8-19(9-7-17)10-13-25(27)31-21-11-12-22-23(15-21)29-16-24(26(22)28)30-20-5-3-4-18(2)14-20/h3-16H,1-2H3. The average Bonchev–Trinajstić information content (AvgIpc) is 2.75. The molecule has 0 radical (unpaired) electrons. The second kappa shape index (κ2) is 8.71. The first-order valence-corrected chi connectivity index (χ1v) is 9.74. The zero-order valence-corrected chi connectivity index (χ0v) is 17.1. The van der Waals surface area contributed by atoms with Gasteiger partial charge in [-0.05, 0) is 55.3 Å². The Bertz CT molecular complexity index is 1330. The van der Waals surface area contributed by atoms with E-state index in [0.717, 1.165) is 16.7 Å². The Morgan fingerprint density at radius 3 is 2.48 bits per heavy atom. The van der Waals surface area contributed by atoms with E-state index >= 15 is 0 Å². The van der Waals surface area contributed by atoms with Gasteiger partial charge in [-0.25, -0.2) is 4.79 Å². The van der Waals surface area contributed by atoms with Gasteiger partial charge in [-0.15, -0.1) is 0 Å². The predicted octanol–water partition coefficient (Wildman–Crippen LogP) is 5.82. The number of carbonyl (C=O) groups excluding carboxylic acids is 1. The molecule has 154 valence electrons. The molecule has 0 saturated carbocycles. The zero-order valence-electron chi connectivity index (χ0n) is 17.1. The number of carbonyl (C=O) groups is 1. The summed E-state index contributed by atoms with van der Waals surface area (Å²) in [6, 6.07) is 19.8. The highest BCUT2D eigenvalue weighted by Gasteiger charge is 2.11. The molecule has 0 unspecified atom stereocenters. The lowest BCUT2D eigenvalue weighted by Gasteiger charge is -2.07. The number of ether oxygens (including phenoxy) is 2. The molecule has 0 aliphatic heterocycles. The van der Waals surface area contributed by atoms with E-state index in [-0.39, 0.29) is 16.9 Å². The summed E-state index contributed by atoms with van der Waals surface area (Å²) in [6.07, 6.45) is 4.29. The zero-order chi connectivity index (χ0) is 21.8. The van der Waals surface area contributed by atoms with Crippen LogP contribution >= 0.6 is 0 Å². The van der Waals surface area contributed by atoms with E-state index in [9.17, 15) is 9.59 Å². The molecule has 0 N–H and O–H groups in total. The summed E-state index contributed by atoms with van der Waals surface area (Å²) in [6.45, 7) is 3.94. The highest BCUT2D eigenvalue weighted by atomic mass is 16.5. The van der Waals surface area contributed by atoms with Gasteiger partial charge in [-0.3, -0.25) is 4.79 Å². The van der Waals surface area contributed by atoms with E-state index in [1.54, 1.807) is 24.3 Å². The normalized spacial score (nSPS) is 11.0. The molecule has 5 heteroatoms. The van der Waals surface area contributed by atoms with Crippen LogP contribution in [-0.4, -0.2) is 5.97 Å². The van der Waals surface area contributed by atoms with E-state index in [0.29, 0.717) is 16.7 Å². The second-order valence-electron chi connectivity index (χ2n) is 7.17. The Hall–Kier alpha value is -4.12. The molecule has 0 bridgehead atoms. The smallest absolute Gasteiger partial charge is 0.336 e. The monoisotopic (exact) mass is 412 g/mol. The van der Waals surface area contributed by atoms with Gasteiger partial charge in [-0.2, -0.15) is 0 Å². The fourth-order valence-electron chi connectivity index (χ4n) is 3.02. The molecule has 3 aromatic carbocycles. The SMILES string of the molecule is Cc1ccc(C=CC(=O)Oc2ccc3c(=O)c(Oc4cccc(C)c4)coc3c2)cc1. The highest BCUT2D eigenvalue weighted by molar-refractivity contribution is 5.89. The molecule has 0 aliphatic rings. The van der Waals surface area contributed by atoms with Gasteiger partial charge in [0.25, 0.3) is 0 Å². The Morgan fingerprint density at radius 1 is 0.903 bits per heavy atom. The van der Waals surface area contributed by atoms with Crippen LogP contribution in [0.15, 0.2) is 88.3 Å². The largest absolute Gasteiger partial charge is 0.460 e. The van der Waals surface area contributed by atoms with Crippen molar-refractivity contribution in [2.45, 2.75) is 13.8 Å². The molecule has 0 aliphatic carbocycles. The average molecular weight is 412 g/mol. The van der Waals surface area contributed by atoms with Crippen LogP contribution in [0.3, 0.4) is 0 Å². The first-order chi connectivity index (χ1) is 15.0. The van der Waals surface area contributed by atoms with Gasteiger partial charge in [0, 0.05) is 12.1 Å². The minimum Gasteiger partial charge on any atom is -0.460 e. The third-order valence-corrected chi connectivity index (χ3v) is 4.64. The van der Waals surface area contributed by atoms with Crippen molar-refractivity contribution in [3.05, 3.63) is 106 Å². The lowest BCUT2D eigenvalue weighted by Crippen LogP contribution is -2.06. The van der Waals surface area contributed by atoms with Gasteiger partial charge in [0.15, 0.2) is 0 Å². The summed E-state index contributed by atoms with van der Waals surface area (Å²) in [5.74, 6) is 0.393. The van der Waals surface area contributed by atoms with E-state index in [1.807, 2.05) is 56.3 Å². The number of fused-ring (bicyclic) bond motifs is 1. The maximum atomic E-state index is 12.7. The van der Waals surface area contributed by atoms with Gasteiger partial charge in [-0.1, -0.05) is 42.0 Å². The maximum Gasteiger partial charge on any atom is 0.336 e. The van der Waals surface area contributed by atoms with Crippen LogP contribution in [0.1, 0.15) is 16.7 Å². The molecule has 0 atom stereocenters. The van der Waals surface area contributed by atoms with Crippen LogP contribution in [0.4, 0.5) is 0 Å². The topological polar surface area (TPSA) is 65.7 Å². The fourth-order valence-corrected chi connectivity index (χ4v) is 3.02. The van der Waals surface area contributed by atoms with Crippen molar-refractivity contribution >= 4 is 23.0 Å². The summed E-state index contributed by atoms with van der Waals surface area (Å²) < 4.78 is 16.6. The minimum absolute atomic E-state index is 0.0869. The first kappa shape index (κ1) is 20.2.